The van der Waals surface area contributed by atoms with Gasteiger partial charge in [-0.2, -0.15) is 0 Å². The van der Waals surface area contributed by atoms with Crippen LogP contribution in [0.3, 0.4) is 0 Å². The van der Waals surface area contributed by atoms with Crippen molar-refractivity contribution < 1.29 is 0 Å². The molecule has 1 atom stereocenters. The van der Waals surface area contributed by atoms with E-state index in [0.29, 0.717) is 6.54 Å². The van der Waals surface area contributed by atoms with Gasteiger partial charge < -0.3 is 21.8 Å². The largest absolute Gasteiger partial charge is 0.370 e. The van der Waals surface area contributed by atoms with Crippen molar-refractivity contribution in [2.75, 3.05) is 6.54 Å². The number of nitrogens with one attached hydrogen (secondary N) is 2. The van der Waals surface area contributed by atoms with Gasteiger partial charge in [-0.3, -0.25) is 9.56 Å². The van der Waals surface area contributed by atoms with E-state index >= 15 is 0 Å². The minimum atomic E-state index is 0.112. The smallest absolute Gasteiger partial charge is 0.185 e. The number of para-hydroxylation sites is 1. The fraction of sp³-hybridized carbons (Fsp3) is 0.185. The Labute approximate surface area is 198 Å². The lowest BCUT2D eigenvalue weighted by Gasteiger charge is -2.18. The number of imidazole rings is 1. The van der Waals surface area contributed by atoms with Crippen molar-refractivity contribution in [2.45, 2.75) is 25.7 Å². The molecule has 1 aliphatic rings. The molecular weight excluding hydrogens is 422 g/mol. The average Bonchev–Trinajstić information content (AvgIpc) is 3.43. The zero-order valence-corrected chi connectivity index (χ0v) is 19.3. The molecule has 1 aliphatic heterocycles. The van der Waals surface area contributed by atoms with E-state index < -0.39 is 0 Å². The van der Waals surface area contributed by atoms with Crippen LogP contribution in [0.25, 0.3) is 35.1 Å². The second kappa shape index (κ2) is 8.94. The van der Waals surface area contributed by atoms with Crippen molar-refractivity contribution in [3.63, 3.8) is 0 Å². The summed E-state index contributed by atoms with van der Waals surface area (Å²) in [6.45, 7) is 7.16. The van der Waals surface area contributed by atoms with E-state index in [9.17, 15) is 0 Å². The third kappa shape index (κ3) is 3.96. The Kier molecular flexibility index (Phi) is 5.67. The van der Waals surface area contributed by atoms with Crippen LogP contribution in [0.4, 0.5) is 0 Å². The van der Waals surface area contributed by atoms with Gasteiger partial charge in [0.25, 0.3) is 0 Å². The predicted octanol–water partition coefficient (Wildman–Crippen LogP) is 2.65. The van der Waals surface area contributed by atoms with Gasteiger partial charge in [0, 0.05) is 41.3 Å². The second-order valence-electron chi connectivity index (χ2n) is 8.57. The normalized spacial score (nSPS) is 13.8. The number of H-pyrrole nitrogens is 1. The third-order valence-corrected chi connectivity index (χ3v) is 6.32. The summed E-state index contributed by atoms with van der Waals surface area (Å²) in [5.41, 5.74) is 18.3. The van der Waals surface area contributed by atoms with Crippen LogP contribution in [0.15, 0.2) is 65.8 Å². The molecule has 34 heavy (non-hydrogen) atoms. The lowest BCUT2D eigenvalue weighted by atomic mass is 9.98. The van der Waals surface area contributed by atoms with E-state index in [4.69, 9.17) is 16.5 Å². The summed E-state index contributed by atoms with van der Waals surface area (Å²) in [5, 5.41) is 5.70. The summed E-state index contributed by atoms with van der Waals surface area (Å²) in [7, 11) is 0. The van der Waals surface area contributed by atoms with Crippen LogP contribution in [-0.2, 0) is 0 Å². The van der Waals surface area contributed by atoms with Crippen molar-refractivity contribution in [3.05, 3.63) is 88.4 Å². The molecule has 0 radical (unpaired) electrons. The summed E-state index contributed by atoms with van der Waals surface area (Å²) in [6, 6.07) is 18.7. The SMILES string of the molecule is C=c1c(C(C)c2ccccc2)nc2n1C=C(c1c[nH]c3ccccc13)NC=2CCCN=C(N)N. The molecule has 2 aromatic heterocycles. The van der Waals surface area contributed by atoms with Crippen LogP contribution in [0, 0.1) is 0 Å². The van der Waals surface area contributed by atoms with Gasteiger partial charge in [-0.05, 0) is 24.5 Å². The first kappa shape index (κ1) is 21.6. The Hall–Kier alpha value is -4.26. The van der Waals surface area contributed by atoms with E-state index in [1.54, 1.807) is 0 Å². The van der Waals surface area contributed by atoms with Gasteiger partial charge in [-0.25, -0.2) is 4.98 Å². The Bertz CT molecular complexity index is 1500. The lowest BCUT2D eigenvalue weighted by molar-refractivity contribution is 0.818. The standard InChI is InChI=1S/C27H29N7/c1-17(19-9-4-3-5-10-19)25-18(2)34-16-24(21-15-31-22-12-7-6-11-20(21)22)32-23(26(34)33-25)13-8-14-30-27(28)29/h3-7,9-12,15-17,31-32H,2,8,13-14H2,1H3,(H4,28,29,30). The Morgan fingerprint density at radius 3 is 2.68 bits per heavy atom. The van der Waals surface area contributed by atoms with E-state index in [0.717, 1.165) is 57.2 Å². The second-order valence-corrected chi connectivity index (χ2v) is 8.57. The van der Waals surface area contributed by atoms with E-state index in [1.807, 2.05) is 18.3 Å². The minimum absolute atomic E-state index is 0.112. The molecule has 0 saturated heterocycles. The number of aromatic nitrogens is 3. The van der Waals surface area contributed by atoms with Gasteiger partial charge in [-0.15, -0.1) is 0 Å². The molecule has 6 N–H and O–H groups in total. The molecule has 172 valence electrons. The summed E-state index contributed by atoms with van der Waals surface area (Å²) >= 11 is 0. The zero-order chi connectivity index (χ0) is 23.7. The molecular formula is C27H29N7. The summed E-state index contributed by atoms with van der Waals surface area (Å²) in [6.07, 6.45) is 5.69. The van der Waals surface area contributed by atoms with Gasteiger partial charge in [-0.1, -0.05) is 62.0 Å². The average molecular weight is 452 g/mol. The molecule has 4 aromatic rings. The fourth-order valence-electron chi connectivity index (χ4n) is 4.53. The number of nitrogens with two attached hydrogens (primary N) is 2. The number of guanidine groups is 1. The van der Waals surface area contributed by atoms with Crippen LogP contribution < -0.4 is 27.6 Å². The summed E-state index contributed by atoms with van der Waals surface area (Å²) in [4.78, 5) is 12.6. The molecule has 3 heterocycles. The van der Waals surface area contributed by atoms with E-state index in [2.05, 4.69) is 82.0 Å². The number of benzene rings is 2. The quantitative estimate of drug-likeness (QED) is 0.197. The van der Waals surface area contributed by atoms with Crippen molar-refractivity contribution in [1.29, 1.82) is 0 Å². The maximum absolute atomic E-state index is 5.51. The van der Waals surface area contributed by atoms with Gasteiger partial charge in [0.2, 0.25) is 0 Å². The summed E-state index contributed by atoms with van der Waals surface area (Å²) < 4.78 is 2.11. The van der Waals surface area contributed by atoms with Gasteiger partial charge in [0.1, 0.15) is 0 Å². The van der Waals surface area contributed by atoms with Crippen molar-refractivity contribution in [1.82, 2.24) is 19.9 Å². The molecule has 1 unspecified atom stereocenters. The first-order chi connectivity index (χ1) is 16.5. The first-order valence-electron chi connectivity index (χ1n) is 11.5. The number of aliphatic imine (C=N–C) groups is 1. The first-order valence-corrected chi connectivity index (χ1v) is 11.5. The van der Waals surface area contributed by atoms with Crippen LogP contribution in [0.1, 0.15) is 42.5 Å². The molecule has 0 bridgehead atoms. The molecule has 2 aromatic carbocycles. The van der Waals surface area contributed by atoms with Crippen molar-refractivity contribution in [2.24, 2.45) is 16.5 Å². The Morgan fingerprint density at radius 2 is 1.88 bits per heavy atom. The predicted molar refractivity (Wildman–Crippen MR) is 140 cm³/mol. The van der Waals surface area contributed by atoms with Crippen molar-refractivity contribution in [3.8, 4) is 0 Å². The Morgan fingerprint density at radius 1 is 1.12 bits per heavy atom. The van der Waals surface area contributed by atoms with Gasteiger partial charge in [0.05, 0.1) is 22.4 Å². The lowest BCUT2D eigenvalue weighted by Crippen LogP contribution is -2.34. The van der Waals surface area contributed by atoms with Gasteiger partial charge >= 0.3 is 0 Å². The van der Waals surface area contributed by atoms with Crippen LogP contribution in [-0.4, -0.2) is 27.0 Å². The third-order valence-electron chi connectivity index (χ3n) is 6.32. The molecule has 5 rings (SSSR count). The van der Waals surface area contributed by atoms with E-state index in [-0.39, 0.29) is 11.9 Å². The summed E-state index contributed by atoms with van der Waals surface area (Å²) in [5.74, 6) is 0.237. The van der Waals surface area contributed by atoms with Crippen molar-refractivity contribution >= 4 is 41.0 Å². The number of fused-ring (bicyclic) bond motifs is 2. The molecule has 0 fully saturated rings. The number of hydrogen-bond donors (Lipinski definition) is 4. The number of nitrogens with zero attached hydrogens (tertiary/aromatic N) is 3. The zero-order valence-electron chi connectivity index (χ0n) is 19.3. The highest BCUT2D eigenvalue weighted by molar-refractivity contribution is 5.96. The topological polar surface area (TPSA) is 110 Å². The monoisotopic (exact) mass is 451 g/mol. The molecule has 7 nitrogen and oxygen atoms in total. The fourth-order valence-corrected chi connectivity index (χ4v) is 4.53. The molecule has 0 amide bonds. The number of rotatable bonds is 7. The molecule has 0 spiro atoms. The molecule has 0 saturated carbocycles. The van der Waals surface area contributed by atoms with Gasteiger partial charge in [0.15, 0.2) is 11.4 Å². The number of aromatic amines is 1. The van der Waals surface area contributed by atoms with E-state index in [1.165, 1.54) is 5.56 Å². The van der Waals surface area contributed by atoms with Crippen LogP contribution in [0.2, 0.25) is 0 Å². The maximum atomic E-state index is 5.51. The molecule has 0 aliphatic carbocycles. The molecule has 7 heteroatoms. The minimum Gasteiger partial charge on any atom is -0.370 e. The highest BCUT2D eigenvalue weighted by atomic mass is 15.1. The Balaban J connectivity index is 1.60. The van der Waals surface area contributed by atoms with Crippen LogP contribution in [0.5, 0.6) is 0 Å². The maximum Gasteiger partial charge on any atom is 0.185 e. The highest BCUT2D eigenvalue weighted by Gasteiger charge is 2.21. The highest BCUT2D eigenvalue weighted by Crippen LogP contribution is 2.27. The van der Waals surface area contributed by atoms with Crippen LogP contribution >= 0.6 is 0 Å². The number of hydrogen-bond acceptors (Lipinski definition) is 3.